The number of thiazole rings is 1. The maximum Gasteiger partial charge on any atom is 0.234 e. The Balaban J connectivity index is 1.50. The van der Waals surface area contributed by atoms with E-state index in [1.807, 2.05) is 26.0 Å². The van der Waals surface area contributed by atoms with Crippen molar-refractivity contribution in [3.63, 3.8) is 0 Å². The van der Waals surface area contributed by atoms with Crippen LogP contribution in [0.3, 0.4) is 0 Å². The molecule has 3 aromatic rings. The highest BCUT2D eigenvalue weighted by molar-refractivity contribution is 7.99. The molecule has 0 aliphatic heterocycles. The van der Waals surface area contributed by atoms with Crippen molar-refractivity contribution in [2.45, 2.75) is 26.5 Å². The number of nitrogens with zero attached hydrogens (tertiary/aromatic N) is 1. The van der Waals surface area contributed by atoms with Gasteiger partial charge < -0.3 is 5.32 Å². The number of amides is 1. The molecule has 26 heavy (non-hydrogen) atoms. The van der Waals surface area contributed by atoms with E-state index in [1.165, 1.54) is 11.1 Å². The number of anilines is 1. The van der Waals surface area contributed by atoms with E-state index < -0.39 is 0 Å². The van der Waals surface area contributed by atoms with E-state index in [4.69, 9.17) is 0 Å². The summed E-state index contributed by atoms with van der Waals surface area (Å²) in [6, 6.07) is 14.4. The molecule has 0 aliphatic rings. The van der Waals surface area contributed by atoms with Gasteiger partial charge in [-0.3, -0.25) is 4.79 Å². The summed E-state index contributed by atoms with van der Waals surface area (Å²) in [5.41, 5.74) is 6.58. The molecule has 0 unspecified atom stereocenters. The summed E-state index contributed by atoms with van der Waals surface area (Å²) in [6.45, 7) is 6.14. The van der Waals surface area contributed by atoms with Crippen molar-refractivity contribution < 1.29 is 4.79 Å². The summed E-state index contributed by atoms with van der Waals surface area (Å²) in [4.78, 5) is 16.8. The summed E-state index contributed by atoms with van der Waals surface area (Å²) >= 11 is 3.23. The van der Waals surface area contributed by atoms with Gasteiger partial charge in [0.2, 0.25) is 5.91 Å². The predicted octanol–water partition coefficient (Wildman–Crippen LogP) is 5.61. The molecule has 1 heterocycles. The van der Waals surface area contributed by atoms with Crippen LogP contribution in [-0.2, 0) is 10.5 Å². The molecule has 1 aromatic heterocycles. The molecule has 3 rings (SSSR count). The molecule has 3 nitrogen and oxygen atoms in total. The van der Waals surface area contributed by atoms with Gasteiger partial charge in [0.05, 0.1) is 11.4 Å². The van der Waals surface area contributed by atoms with Gasteiger partial charge in [-0.15, -0.1) is 23.1 Å². The molecule has 134 valence electrons. The number of carbonyl (C=O) groups excluding carboxylic acids is 1. The van der Waals surface area contributed by atoms with E-state index in [9.17, 15) is 4.79 Å². The molecule has 0 radical (unpaired) electrons. The van der Waals surface area contributed by atoms with E-state index in [-0.39, 0.29) is 5.91 Å². The van der Waals surface area contributed by atoms with Gasteiger partial charge in [-0.25, -0.2) is 4.98 Å². The first kappa shape index (κ1) is 18.7. The van der Waals surface area contributed by atoms with Crippen molar-refractivity contribution >= 4 is 34.7 Å². The van der Waals surface area contributed by atoms with E-state index >= 15 is 0 Å². The van der Waals surface area contributed by atoms with Gasteiger partial charge in [0.1, 0.15) is 5.01 Å². The molecule has 0 fully saturated rings. The second-order valence-corrected chi connectivity index (χ2v) is 8.21. The minimum atomic E-state index is 0.0240. The Hall–Kier alpha value is -2.11. The minimum absolute atomic E-state index is 0.0240. The number of carbonyl (C=O) groups is 1. The van der Waals surface area contributed by atoms with Crippen LogP contribution in [0.2, 0.25) is 0 Å². The first-order chi connectivity index (χ1) is 12.5. The number of hydrogen-bond donors (Lipinski definition) is 1. The second-order valence-electron chi connectivity index (χ2n) is 6.37. The molecule has 0 saturated carbocycles. The monoisotopic (exact) mass is 382 g/mol. The molecule has 0 atom stereocenters. The van der Waals surface area contributed by atoms with Crippen LogP contribution < -0.4 is 5.32 Å². The summed E-state index contributed by atoms with van der Waals surface area (Å²) in [6.07, 6.45) is 0. The third-order valence-electron chi connectivity index (χ3n) is 3.99. The summed E-state index contributed by atoms with van der Waals surface area (Å²) < 4.78 is 0. The Bertz CT molecular complexity index is 901. The number of aryl methyl sites for hydroxylation is 3. The van der Waals surface area contributed by atoms with Crippen LogP contribution in [0.4, 0.5) is 5.69 Å². The van der Waals surface area contributed by atoms with Crippen molar-refractivity contribution in [3.05, 3.63) is 70.2 Å². The van der Waals surface area contributed by atoms with Crippen LogP contribution in [0.5, 0.6) is 0 Å². The highest BCUT2D eigenvalue weighted by Crippen LogP contribution is 2.26. The van der Waals surface area contributed by atoms with Gasteiger partial charge in [-0.2, -0.15) is 0 Å². The molecule has 2 aromatic carbocycles. The van der Waals surface area contributed by atoms with Crippen LogP contribution >= 0.6 is 23.1 Å². The lowest BCUT2D eigenvalue weighted by Crippen LogP contribution is -2.15. The molecule has 1 N–H and O–H groups in total. The third kappa shape index (κ3) is 4.96. The van der Waals surface area contributed by atoms with Crippen LogP contribution in [-0.4, -0.2) is 16.6 Å². The SMILES string of the molecule is Cc1ccc(-c2nc(CSCC(=O)Nc3ccc(C)cc3C)cs2)cc1. The normalized spacial score (nSPS) is 10.7. The molecular weight excluding hydrogens is 360 g/mol. The topological polar surface area (TPSA) is 42.0 Å². The van der Waals surface area contributed by atoms with E-state index in [1.54, 1.807) is 23.1 Å². The number of aromatic nitrogens is 1. The van der Waals surface area contributed by atoms with Crippen LogP contribution in [0.1, 0.15) is 22.4 Å². The number of rotatable bonds is 6. The molecule has 0 saturated heterocycles. The highest BCUT2D eigenvalue weighted by Gasteiger charge is 2.08. The number of nitrogens with one attached hydrogen (secondary N) is 1. The average molecular weight is 383 g/mol. The summed E-state index contributed by atoms with van der Waals surface area (Å²) in [7, 11) is 0. The van der Waals surface area contributed by atoms with Crippen molar-refractivity contribution in [3.8, 4) is 10.6 Å². The Morgan fingerprint density at radius 3 is 2.54 bits per heavy atom. The van der Waals surface area contributed by atoms with Crippen molar-refractivity contribution in [2.24, 2.45) is 0 Å². The molecular formula is C21H22N2OS2. The standard InChI is InChI=1S/C21H22N2OS2/c1-14-4-7-17(8-5-14)21-22-18(12-26-21)11-25-13-20(24)23-19-9-6-15(2)10-16(19)3/h4-10,12H,11,13H2,1-3H3,(H,23,24). The Kier molecular flexibility index (Phi) is 6.12. The van der Waals surface area contributed by atoms with Gasteiger partial charge in [-0.05, 0) is 32.4 Å². The maximum absolute atomic E-state index is 12.1. The summed E-state index contributed by atoms with van der Waals surface area (Å²) in [5, 5.41) is 6.08. The molecule has 0 spiro atoms. The first-order valence-electron chi connectivity index (χ1n) is 8.47. The van der Waals surface area contributed by atoms with Gasteiger partial charge in [0.25, 0.3) is 0 Å². The van der Waals surface area contributed by atoms with Crippen LogP contribution in [0.15, 0.2) is 47.8 Å². The highest BCUT2D eigenvalue weighted by atomic mass is 32.2. The Labute approximate surface area is 162 Å². The Morgan fingerprint density at radius 1 is 1.08 bits per heavy atom. The number of benzene rings is 2. The first-order valence-corrected chi connectivity index (χ1v) is 10.5. The fraction of sp³-hybridized carbons (Fsp3) is 0.238. The van der Waals surface area contributed by atoms with Crippen molar-refractivity contribution in [2.75, 3.05) is 11.1 Å². The van der Waals surface area contributed by atoms with Crippen LogP contribution in [0.25, 0.3) is 10.6 Å². The van der Waals surface area contributed by atoms with Gasteiger partial charge in [0.15, 0.2) is 0 Å². The van der Waals surface area contributed by atoms with E-state index in [2.05, 4.69) is 52.9 Å². The fourth-order valence-electron chi connectivity index (χ4n) is 2.59. The average Bonchev–Trinajstić information content (AvgIpc) is 3.07. The second kappa shape index (κ2) is 8.52. The minimum Gasteiger partial charge on any atom is -0.325 e. The number of hydrogen-bond acceptors (Lipinski definition) is 4. The zero-order valence-corrected chi connectivity index (χ0v) is 16.8. The summed E-state index contributed by atoms with van der Waals surface area (Å²) in [5.74, 6) is 1.18. The van der Waals surface area contributed by atoms with Gasteiger partial charge in [-0.1, -0.05) is 47.5 Å². The zero-order chi connectivity index (χ0) is 18.5. The molecule has 5 heteroatoms. The maximum atomic E-state index is 12.1. The van der Waals surface area contributed by atoms with Crippen LogP contribution in [0, 0.1) is 20.8 Å². The smallest absolute Gasteiger partial charge is 0.234 e. The Morgan fingerprint density at radius 2 is 1.81 bits per heavy atom. The fourth-order valence-corrected chi connectivity index (χ4v) is 4.24. The molecule has 1 amide bonds. The molecule has 0 bridgehead atoms. The largest absolute Gasteiger partial charge is 0.325 e. The van der Waals surface area contributed by atoms with Gasteiger partial charge >= 0.3 is 0 Å². The van der Waals surface area contributed by atoms with E-state index in [0.29, 0.717) is 5.75 Å². The molecule has 0 aliphatic carbocycles. The number of thioether (sulfide) groups is 1. The van der Waals surface area contributed by atoms with E-state index in [0.717, 1.165) is 33.3 Å². The van der Waals surface area contributed by atoms with Crippen molar-refractivity contribution in [1.82, 2.24) is 4.98 Å². The lowest BCUT2D eigenvalue weighted by atomic mass is 10.1. The van der Waals surface area contributed by atoms with Crippen molar-refractivity contribution in [1.29, 1.82) is 0 Å². The van der Waals surface area contributed by atoms with Gasteiger partial charge in [0, 0.05) is 22.4 Å². The third-order valence-corrected chi connectivity index (χ3v) is 5.90. The zero-order valence-electron chi connectivity index (χ0n) is 15.2. The predicted molar refractivity (Wildman–Crippen MR) is 113 cm³/mol. The quantitative estimate of drug-likeness (QED) is 0.603. The lowest BCUT2D eigenvalue weighted by molar-refractivity contribution is -0.113. The lowest BCUT2D eigenvalue weighted by Gasteiger charge is -2.08.